The zero-order chi connectivity index (χ0) is 12.8. The van der Waals surface area contributed by atoms with Crippen molar-refractivity contribution in [2.24, 2.45) is 5.41 Å². The van der Waals surface area contributed by atoms with E-state index in [0.29, 0.717) is 13.2 Å². The van der Waals surface area contributed by atoms with Gasteiger partial charge in [-0.2, -0.15) is 0 Å². The molecule has 3 N–H and O–H groups in total. The Hall–Kier alpha value is -0.880. The van der Waals surface area contributed by atoms with Crippen LogP contribution in [0.25, 0.3) is 0 Å². The average Bonchev–Trinajstić information content (AvgIpc) is 2.96. The van der Waals surface area contributed by atoms with Crippen molar-refractivity contribution < 1.29 is 19.4 Å². The Bertz CT molecular complexity index is 335. The number of aliphatic hydroxyl groups is 2. The van der Waals surface area contributed by atoms with Crippen LogP contribution in [-0.4, -0.2) is 42.6 Å². The molecule has 0 spiro atoms. The summed E-state index contributed by atoms with van der Waals surface area (Å²) >= 11 is 0. The number of nitrogens with one attached hydrogen (secondary N) is 1. The van der Waals surface area contributed by atoms with E-state index < -0.39 is 6.10 Å². The Morgan fingerprint density at radius 3 is 2.94 bits per heavy atom. The van der Waals surface area contributed by atoms with Gasteiger partial charge in [0.2, 0.25) is 0 Å². The molecule has 1 unspecified atom stereocenters. The maximum Gasteiger partial charge on any atom is 0.129 e. The Morgan fingerprint density at radius 1 is 1.50 bits per heavy atom. The van der Waals surface area contributed by atoms with Gasteiger partial charge in [0.25, 0.3) is 0 Å². The Morgan fingerprint density at radius 2 is 2.33 bits per heavy atom. The summed E-state index contributed by atoms with van der Waals surface area (Å²) in [6.07, 6.45) is 3.21. The first kappa shape index (κ1) is 13.5. The van der Waals surface area contributed by atoms with E-state index in [1.54, 1.807) is 12.3 Å². The van der Waals surface area contributed by atoms with Crippen LogP contribution >= 0.6 is 0 Å². The third-order valence-corrected chi connectivity index (χ3v) is 3.31. The van der Waals surface area contributed by atoms with Crippen molar-refractivity contribution in [1.82, 2.24) is 5.32 Å². The summed E-state index contributed by atoms with van der Waals surface area (Å²) in [5.41, 5.74) is 0.0781. The largest absolute Gasteiger partial charge is 0.467 e. The van der Waals surface area contributed by atoms with Gasteiger partial charge in [-0.3, -0.25) is 0 Å². The van der Waals surface area contributed by atoms with Crippen LogP contribution in [0.1, 0.15) is 18.6 Å². The predicted octanol–water partition coefficient (Wildman–Crippen LogP) is 0.519. The smallest absolute Gasteiger partial charge is 0.129 e. The van der Waals surface area contributed by atoms with Crippen LogP contribution in [0, 0.1) is 5.41 Å². The number of hydrogen-bond acceptors (Lipinski definition) is 5. The molecule has 0 aliphatic heterocycles. The molecule has 18 heavy (non-hydrogen) atoms. The highest BCUT2D eigenvalue weighted by molar-refractivity contribution is 4.96. The Kier molecular flexibility index (Phi) is 4.77. The van der Waals surface area contributed by atoms with Crippen LogP contribution in [0.4, 0.5) is 0 Å². The molecular formula is C13H21NO4. The van der Waals surface area contributed by atoms with E-state index in [9.17, 15) is 5.11 Å². The van der Waals surface area contributed by atoms with Gasteiger partial charge in [-0.25, -0.2) is 0 Å². The number of furan rings is 1. The van der Waals surface area contributed by atoms with E-state index in [-0.39, 0.29) is 18.6 Å². The van der Waals surface area contributed by atoms with Crippen LogP contribution in [-0.2, 0) is 11.3 Å². The maximum atomic E-state index is 9.69. The summed E-state index contributed by atoms with van der Waals surface area (Å²) in [7, 11) is 0. The Balaban J connectivity index is 1.51. The van der Waals surface area contributed by atoms with Crippen LogP contribution in [0.5, 0.6) is 0 Å². The van der Waals surface area contributed by atoms with Gasteiger partial charge < -0.3 is 24.7 Å². The lowest BCUT2D eigenvalue weighted by Crippen LogP contribution is -2.35. The summed E-state index contributed by atoms with van der Waals surface area (Å²) in [5, 5.41) is 22.0. The quantitative estimate of drug-likeness (QED) is 0.600. The normalized spacial score (nSPS) is 18.8. The van der Waals surface area contributed by atoms with E-state index in [0.717, 1.165) is 25.1 Å². The monoisotopic (exact) mass is 255 g/mol. The molecule has 0 amide bonds. The van der Waals surface area contributed by atoms with Crippen molar-refractivity contribution in [1.29, 1.82) is 0 Å². The molecule has 5 nitrogen and oxygen atoms in total. The third-order valence-electron chi connectivity index (χ3n) is 3.31. The minimum Gasteiger partial charge on any atom is -0.467 e. The molecule has 0 radical (unpaired) electrons. The number of rotatable bonds is 9. The maximum absolute atomic E-state index is 9.69. The molecule has 5 heteroatoms. The van der Waals surface area contributed by atoms with Crippen molar-refractivity contribution in [2.45, 2.75) is 25.6 Å². The van der Waals surface area contributed by atoms with Gasteiger partial charge in [0.05, 0.1) is 19.0 Å². The highest BCUT2D eigenvalue weighted by Crippen LogP contribution is 2.44. The first-order valence-corrected chi connectivity index (χ1v) is 6.34. The molecule has 1 aromatic rings. The second-order valence-electron chi connectivity index (χ2n) is 5.04. The number of aliphatic hydroxyl groups excluding tert-OH is 2. The molecule has 102 valence electrons. The molecule has 1 fully saturated rings. The van der Waals surface area contributed by atoms with Gasteiger partial charge in [0.1, 0.15) is 12.4 Å². The van der Waals surface area contributed by atoms with Crippen LogP contribution < -0.4 is 5.32 Å². The zero-order valence-electron chi connectivity index (χ0n) is 10.5. The lowest BCUT2D eigenvalue weighted by atomic mass is 10.1. The highest BCUT2D eigenvalue weighted by Gasteiger charge is 2.41. The third kappa shape index (κ3) is 4.10. The van der Waals surface area contributed by atoms with Crippen LogP contribution in [0.3, 0.4) is 0 Å². The second kappa shape index (κ2) is 6.33. The van der Waals surface area contributed by atoms with Crippen molar-refractivity contribution >= 4 is 0 Å². The van der Waals surface area contributed by atoms with Gasteiger partial charge in [0.15, 0.2) is 0 Å². The fourth-order valence-electron chi connectivity index (χ4n) is 1.82. The standard InChI is InChI=1S/C13H21NO4/c15-10-13(3-4-13)9-14-6-11(16)7-17-8-12-2-1-5-18-12/h1-2,5,11,14-16H,3-4,6-10H2. The first-order valence-electron chi connectivity index (χ1n) is 6.34. The number of ether oxygens (including phenoxy) is 1. The summed E-state index contributed by atoms with van der Waals surface area (Å²) in [5.74, 6) is 0.757. The van der Waals surface area contributed by atoms with E-state index in [4.69, 9.17) is 14.3 Å². The average molecular weight is 255 g/mol. The zero-order valence-corrected chi connectivity index (χ0v) is 10.5. The van der Waals surface area contributed by atoms with E-state index in [2.05, 4.69) is 5.32 Å². The van der Waals surface area contributed by atoms with Gasteiger partial charge in [0, 0.05) is 25.1 Å². The SMILES string of the molecule is OCC1(CNCC(O)COCc2ccco2)CC1. The van der Waals surface area contributed by atoms with Crippen molar-refractivity contribution in [3.63, 3.8) is 0 Å². The Labute approximate surface area is 107 Å². The molecular weight excluding hydrogens is 234 g/mol. The molecule has 0 saturated heterocycles. The van der Waals surface area contributed by atoms with E-state index in [1.807, 2.05) is 6.07 Å². The minimum absolute atomic E-state index is 0.0781. The van der Waals surface area contributed by atoms with Gasteiger partial charge in [-0.15, -0.1) is 0 Å². The summed E-state index contributed by atoms with van der Waals surface area (Å²) in [4.78, 5) is 0. The molecule has 1 aromatic heterocycles. The van der Waals surface area contributed by atoms with Crippen LogP contribution in [0.15, 0.2) is 22.8 Å². The van der Waals surface area contributed by atoms with Gasteiger partial charge in [-0.1, -0.05) is 0 Å². The molecule has 2 rings (SSSR count). The second-order valence-corrected chi connectivity index (χ2v) is 5.04. The van der Waals surface area contributed by atoms with Crippen molar-refractivity contribution in [3.05, 3.63) is 24.2 Å². The highest BCUT2D eigenvalue weighted by atomic mass is 16.5. The molecule has 0 aromatic carbocycles. The van der Waals surface area contributed by atoms with Crippen molar-refractivity contribution in [3.8, 4) is 0 Å². The molecule has 1 saturated carbocycles. The molecule has 1 aliphatic carbocycles. The molecule has 0 bridgehead atoms. The predicted molar refractivity (Wildman–Crippen MR) is 66.0 cm³/mol. The van der Waals surface area contributed by atoms with Gasteiger partial charge in [-0.05, 0) is 25.0 Å². The topological polar surface area (TPSA) is 74.9 Å². The van der Waals surface area contributed by atoms with Crippen molar-refractivity contribution in [2.75, 3.05) is 26.3 Å². The van der Waals surface area contributed by atoms with Gasteiger partial charge >= 0.3 is 0 Å². The van der Waals surface area contributed by atoms with E-state index in [1.165, 1.54) is 0 Å². The van der Waals surface area contributed by atoms with E-state index >= 15 is 0 Å². The summed E-state index contributed by atoms with van der Waals surface area (Å²) in [6, 6.07) is 3.64. The molecule has 1 aliphatic rings. The number of hydrogen-bond donors (Lipinski definition) is 3. The lowest BCUT2D eigenvalue weighted by Gasteiger charge is -2.15. The molecule has 1 heterocycles. The minimum atomic E-state index is -0.533. The molecule has 1 atom stereocenters. The summed E-state index contributed by atoms with van der Waals surface area (Å²) < 4.78 is 10.4. The lowest BCUT2D eigenvalue weighted by molar-refractivity contribution is 0.0218. The fourth-order valence-corrected chi connectivity index (χ4v) is 1.82. The first-order chi connectivity index (χ1) is 8.74. The summed E-state index contributed by atoms with van der Waals surface area (Å²) in [6.45, 7) is 2.13. The van der Waals surface area contributed by atoms with Crippen LogP contribution in [0.2, 0.25) is 0 Å². The fraction of sp³-hybridized carbons (Fsp3) is 0.692.